The second-order valence-corrected chi connectivity index (χ2v) is 11.7. The number of nitrogens with one attached hydrogen (secondary N) is 2. The number of carbonyl (C=O) groups excluding carboxylic acids is 1. The first-order chi connectivity index (χ1) is 16.6. The van der Waals surface area contributed by atoms with Crippen molar-refractivity contribution in [3.63, 3.8) is 0 Å². The maximum Gasteiger partial charge on any atom is 0.305 e. The molecular formula is C29H60N2O4. The molecule has 0 spiro atoms. The van der Waals surface area contributed by atoms with E-state index < -0.39 is 6.10 Å². The molecule has 6 nitrogen and oxygen atoms in total. The molecule has 0 aromatic heterocycles. The van der Waals surface area contributed by atoms with E-state index in [-0.39, 0.29) is 30.3 Å². The van der Waals surface area contributed by atoms with Gasteiger partial charge in [-0.05, 0) is 34.1 Å². The number of esters is 1. The Kier molecular flexibility index (Phi) is 21.0. The Morgan fingerprint density at radius 2 is 1.17 bits per heavy atom. The summed E-state index contributed by atoms with van der Waals surface area (Å²) >= 11 is 0. The van der Waals surface area contributed by atoms with E-state index in [4.69, 9.17) is 14.9 Å². The number of unbranched alkanes of at least 4 members (excludes halogenated alkanes) is 14. The molecule has 0 aromatic carbocycles. The summed E-state index contributed by atoms with van der Waals surface area (Å²) in [5.41, 5.74) is 0.503. The Labute approximate surface area is 217 Å². The zero-order valence-corrected chi connectivity index (χ0v) is 23.9. The van der Waals surface area contributed by atoms with Crippen LogP contribution in [0, 0.1) is 0 Å². The van der Waals surface area contributed by atoms with Crippen LogP contribution in [0.25, 0.3) is 0 Å². The molecule has 1 atom stereocenters. The highest BCUT2D eigenvalue weighted by Crippen LogP contribution is 2.15. The van der Waals surface area contributed by atoms with Crippen LogP contribution in [0.4, 0.5) is 0 Å². The molecule has 6 heteroatoms. The largest absolute Gasteiger partial charge is 0.463 e. The number of aliphatic hydroxyl groups is 2. The minimum atomic E-state index is -0.954. The predicted octanol–water partition coefficient (Wildman–Crippen LogP) is 5.88. The Hall–Kier alpha value is -0.690. The zero-order chi connectivity index (χ0) is 26.4. The van der Waals surface area contributed by atoms with Crippen LogP contribution in [0.2, 0.25) is 0 Å². The first-order valence-electron chi connectivity index (χ1n) is 14.6. The molecule has 1 unspecified atom stereocenters. The first-order valence-corrected chi connectivity index (χ1v) is 14.6. The molecule has 0 radical (unpaired) electrons. The van der Waals surface area contributed by atoms with Crippen LogP contribution in [-0.4, -0.2) is 59.7 Å². The van der Waals surface area contributed by atoms with Crippen molar-refractivity contribution in [3.05, 3.63) is 0 Å². The van der Waals surface area contributed by atoms with Crippen molar-refractivity contribution in [2.24, 2.45) is 0 Å². The van der Waals surface area contributed by atoms with Crippen LogP contribution in [0.15, 0.2) is 0 Å². The SMILES string of the molecule is CC1(C)CNCC(C)(C)N1.CCCCCCCCCCCCCCCCCC(=O)OCC(O)CO. The Morgan fingerprint density at radius 1 is 0.771 bits per heavy atom. The summed E-state index contributed by atoms with van der Waals surface area (Å²) in [7, 11) is 0. The van der Waals surface area contributed by atoms with Gasteiger partial charge in [0.05, 0.1) is 6.61 Å². The molecule has 1 aliphatic rings. The quantitative estimate of drug-likeness (QED) is 0.131. The molecule has 0 saturated carbocycles. The number of carbonyl (C=O) groups is 1. The van der Waals surface area contributed by atoms with Gasteiger partial charge in [-0.3, -0.25) is 4.79 Å². The van der Waals surface area contributed by atoms with Crippen molar-refractivity contribution < 1.29 is 19.7 Å². The van der Waals surface area contributed by atoms with Crippen molar-refractivity contribution in [2.45, 2.75) is 155 Å². The van der Waals surface area contributed by atoms with Crippen LogP contribution in [-0.2, 0) is 9.53 Å². The van der Waals surface area contributed by atoms with Crippen LogP contribution in [0.1, 0.15) is 137 Å². The van der Waals surface area contributed by atoms with Gasteiger partial charge < -0.3 is 25.6 Å². The van der Waals surface area contributed by atoms with Gasteiger partial charge in [0.1, 0.15) is 12.7 Å². The average Bonchev–Trinajstić information content (AvgIpc) is 2.78. The van der Waals surface area contributed by atoms with E-state index in [2.05, 4.69) is 45.3 Å². The lowest BCUT2D eigenvalue weighted by Gasteiger charge is -2.42. The van der Waals surface area contributed by atoms with Gasteiger partial charge >= 0.3 is 5.97 Å². The van der Waals surface area contributed by atoms with E-state index in [1.54, 1.807) is 0 Å². The van der Waals surface area contributed by atoms with Crippen molar-refractivity contribution in [2.75, 3.05) is 26.3 Å². The Morgan fingerprint density at radius 3 is 1.51 bits per heavy atom. The number of piperazine rings is 1. The standard InChI is InChI=1S/C21H42O4.C8H18N2/c1-2-3-4-5-6-7-8-9-10-11-12-13-14-15-16-17-21(24)25-19-20(23)18-22;1-7(2)5-9-6-8(3,4)10-7/h20,22-23H,2-19H2,1H3;9-10H,5-6H2,1-4H3. The van der Waals surface area contributed by atoms with Crippen molar-refractivity contribution in [1.82, 2.24) is 10.6 Å². The second-order valence-electron chi connectivity index (χ2n) is 11.7. The van der Waals surface area contributed by atoms with E-state index in [1.165, 1.54) is 83.5 Å². The normalized spacial score (nSPS) is 17.3. The predicted molar refractivity (Wildman–Crippen MR) is 148 cm³/mol. The number of ether oxygens (including phenoxy) is 1. The summed E-state index contributed by atoms with van der Waals surface area (Å²) in [5, 5.41) is 24.7. The lowest BCUT2D eigenvalue weighted by molar-refractivity contribution is -0.147. The molecule has 0 aromatic rings. The van der Waals surface area contributed by atoms with Crippen LogP contribution in [0.5, 0.6) is 0 Å². The third-order valence-corrected chi connectivity index (χ3v) is 6.44. The highest BCUT2D eigenvalue weighted by atomic mass is 16.5. The fraction of sp³-hybridized carbons (Fsp3) is 0.966. The van der Waals surface area contributed by atoms with Crippen molar-refractivity contribution in [1.29, 1.82) is 0 Å². The number of hydrogen-bond acceptors (Lipinski definition) is 6. The lowest BCUT2D eigenvalue weighted by atomic mass is 9.93. The van der Waals surface area contributed by atoms with E-state index in [9.17, 15) is 4.79 Å². The maximum absolute atomic E-state index is 11.4. The summed E-state index contributed by atoms with van der Waals surface area (Å²) < 4.78 is 4.86. The molecule has 1 fully saturated rings. The topological polar surface area (TPSA) is 90.8 Å². The van der Waals surface area contributed by atoms with E-state index in [0.717, 1.165) is 25.9 Å². The van der Waals surface area contributed by atoms with Gasteiger partial charge in [-0.2, -0.15) is 0 Å². The van der Waals surface area contributed by atoms with Crippen LogP contribution < -0.4 is 10.6 Å². The molecule has 1 heterocycles. The molecule has 0 bridgehead atoms. The van der Waals surface area contributed by atoms with Gasteiger partial charge in [0, 0.05) is 30.6 Å². The third-order valence-electron chi connectivity index (χ3n) is 6.44. The highest BCUT2D eigenvalue weighted by Gasteiger charge is 2.31. The molecular weight excluding hydrogens is 440 g/mol. The number of hydrogen-bond donors (Lipinski definition) is 4. The molecule has 1 aliphatic heterocycles. The minimum Gasteiger partial charge on any atom is -0.463 e. The molecule has 0 amide bonds. The van der Waals surface area contributed by atoms with Gasteiger partial charge in [0.15, 0.2) is 0 Å². The van der Waals surface area contributed by atoms with Gasteiger partial charge in [-0.15, -0.1) is 0 Å². The Bertz CT molecular complexity index is 483. The van der Waals surface area contributed by atoms with Crippen LogP contribution in [0.3, 0.4) is 0 Å². The highest BCUT2D eigenvalue weighted by molar-refractivity contribution is 5.69. The number of aliphatic hydroxyl groups excluding tert-OH is 2. The lowest BCUT2D eigenvalue weighted by Crippen LogP contribution is -2.65. The van der Waals surface area contributed by atoms with Crippen LogP contribution >= 0.6 is 0 Å². The van der Waals surface area contributed by atoms with E-state index >= 15 is 0 Å². The van der Waals surface area contributed by atoms with E-state index in [1.807, 2.05) is 0 Å². The molecule has 1 saturated heterocycles. The first kappa shape index (κ1) is 34.3. The fourth-order valence-corrected chi connectivity index (χ4v) is 4.65. The summed E-state index contributed by atoms with van der Waals surface area (Å²) in [4.78, 5) is 11.4. The van der Waals surface area contributed by atoms with Crippen molar-refractivity contribution >= 4 is 5.97 Å². The minimum absolute atomic E-state index is 0.103. The Balaban J connectivity index is 0.000000952. The number of rotatable bonds is 19. The summed E-state index contributed by atoms with van der Waals surface area (Å²) in [6.45, 7) is 12.8. The zero-order valence-electron chi connectivity index (χ0n) is 23.9. The van der Waals surface area contributed by atoms with E-state index in [0.29, 0.717) is 6.42 Å². The van der Waals surface area contributed by atoms with Gasteiger partial charge in [0.2, 0.25) is 0 Å². The van der Waals surface area contributed by atoms with Crippen molar-refractivity contribution in [3.8, 4) is 0 Å². The summed E-state index contributed by atoms with van der Waals surface area (Å²) in [6.07, 6.45) is 19.0. The van der Waals surface area contributed by atoms with Gasteiger partial charge in [-0.1, -0.05) is 96.8 Å². The smallest absolute Gasteiger partial charge is 0.305 e. The maximum atomic E-state index is 11.4. The molecule has 35 heavy (non-hydrogen) atoms. The summed E-state index contributed by atoms with van der Waals surface area (Å²) in [6, 6.07) is 0. The summed E-state index contributed by atoms with van der Waals surface area (Å²) in [5.74, 6) is -0.276. The fourth-order valence-electron chi connectivity index (χ4n) is 4.65. The van der Waals surface area contributed by atoms with Gasteiger partial charge in [0.25, 0.3) is 0 Å². The monoisotopic (exact) mass is 500 g/mol. The third kappa shape index (κ3) is 23.5. The molecule has 210 valence electrons. The second kappa shape index (κ2) is 21.4. The molecule has 0 aliphatic carbocycles. The molecule has 4 N–H and O–H groups in total. The average molecular weight is 501 g/mol. The molecule has 1 rings (SSSR count). The van der Waals surface area contributed by atoms with Gasteiger partial charge in [-0.25, -0.2) is 0 Å².